The number of aldehydes is 1. The molecule has 0 unspecified atom stereocenters. The van der Waals surface area contributed by atoms with Crippen molar-refractivity contribution in [1.82, 2.24) is 19.7 Å². The van der Waals surface area contributed by atoms with Gasteiger partial charge in [-0.1, -0.05) is 12.8 Å². The number of nitrogens with zero attached hydrogens (tertiary/aromatic N) is 4. The minimum Gasteiger partial charge on any atom is -0.315 e. The van der Waals surface area contributed by atoms with E-state index in [-0.39, 0.29) is 5.41 Å². The van der Waals surface area contributed by atoms with Crippen molar-refractivity contribution in [1.29, 1.82) is 0 Å². The van der Waals surface area contributed by atoms with Gasteiger partial charge < -0.3 is 9.36 Å². The van der Waals surface area contributed by atoms with E-state index in [1.54, 1.807) is 6.33 Å². The van der Waals surface area contributed by atoms with Gasteiger partial charge in [0.1, 0.15) is 18.4 Å². The number of carbonyl (C=O) groups is 1. The highest BCUT2D eigenvalue weighted by Gasteiger charge is 2.36. The summed E-state index contributed by atoms with van der Waals surface area (Å²) in [7, 11) is 0. The van der Waals surface area contributed by atoms with Crippen LogP contribution < -0.4 is 0 Å². The minimum atomic E-state index is -0.0812. The number of hydrogen-bond acceptors (Lipinski definition) is 4. The van der Waals surface area contributed by atoms with Gasteiger partial charge in [0.05, 0.1) is 6.54 Å². The lowest BCUT2D eigenvalue weighted by Crippen LogP contribution is -2.41. The molecule has 1 aromatic heterocycles. The Morgan fingerprint density at radius 2 is 2.18 bits per heavy atom. The number of carbonyl (C=O) groups excluding carboxylic acids is 1. The molecule has 17 heavy (non-hydrogen) atoms. The summed E-state index contributed by atoms with van der Waals surface area (Å²) in [6.07, 6.45) is 7.49. The van der Waals surface area contributed by atoms with E-state index in [1.807, 2.05) is 0 Å². The maximum Gasteiger partial charge on any atom is 0.147 e. The van der Waals surface area contributed by atoms with E-state index in [4.69, 9.17) is 0 Å². The monoisotopic (exact) mass is 234 g/mol. The summed E-state index contributed by atoms with van der Waals surface area (Å²) < 4.78 is 2.10. The predicted molar refractivity (Wildman–Crippen MR) is 62.3 cm³/mol. The Labute approximate surface area is 101 Å². The minimum absolute atomic E-state index is 0.0812. The van der Waals surface area contributed by atoms with Gasteiger partial charge in [-0.15, -0.1) is 10.2 Å². The molecule has 0 radical (unpaired) electrons. The molecule has 1 aliphatic carbocycles. The van der Waals surface area contributed by atoms with E-state index in [1.165, 1.54) is 19.1 Å². The first-order valence-electron chi connectivity index (χ1n) is 6.37. The molecule has 1 aromatic rings. The number of aromatic nitrogens is 3. The molecule has 2 heterocycles. The predicted octanol–water partition coefficient (Wildman–Crippen LogP) is 0.853. The van der Waals surface area contributed by atoms with E-state index in [2.05, 4.69) is 19.7 Å². The molecule has 0 saturated heterocycles. The Hall–Kier alpha value is -1.23. The van der Waals surface area contributed by atoms with Crippen molar-refractivity contribution >= 4 is 6.29 Å². The van der Waals surface area contributed by atoms with Crippen LogP contribution in [0, 0.1) is 5.41 Å². The highest BCUT2D eigenvalue weighted by atomic mass is 16.1. The molecule has 1 saturated carbocycles. The Morgan fingerprint density at radius 1 is 1.35 bits per heavy atom. The number of rotatable bonds is 3. The summed E-state index contributed by atoms with van der Waals surface area (Å²) in [6.45, 7) is 3.66. The first kappa shape index (κ1) is 10.9. The molecule has 1 fully saturated rings. The molecule has 1 aliphatic heterocycles. The Balaban J connectivity index is 1.69. The van der Waals surface area contributed by atoms with Crippen LogP contribution >= 0.6 is 0 Å². The Bertz CT molecular complexity index is 408. The molecule has 5 heteroatoms. The van der Waals surface area contributed by atoms with Crippen molar-refractivity contribution in [3.05, 3.63) is 12.2 Å². The van der Waals surface area contributed by atoms with E-state index < -0.39 is 0 Å². The topological polar surface area (TPSA) is 51.0 Å². The highest BCUT2D eigenvalue weighted by molar-refractivity contribution is 5.60. The van der Waals surface area contributed by atoms with Crippen molar-refractivity contribution in [3.8, 4) is 0 Å². The van der Waals surface area contributed by atoms with Gasteiger partial charge >= 0.3 is 0 Å². The number of hydrogen-bond donors (Lipinski definition) is 0. The molecule has 2 aliphatic rings. The van der Waals surface area contributed by atoms with Crippen molar-refractivity contribution in [2.75, 3.05) is 13.1 Å². The fourth-order valence-corrected chi connectivity index (χ4v) is 3.09. The zero-order valence-electron chi connectivity index (χ0n) is 10.0. The van der Waals surface area contributed by atoms with Crippen LogP contribution in [0.4, 0.5) is 0 Å². The summed E-state index contributed by atoms with van der Waals surface area (Å²) in [5.74, 6) is 1.02. The second-order valence-corrected chi connectivity index (χ2v) is 5.34. The first-order valence-corrected chi connectivity index (χ1v) is 6.37. The molecule has 0 atom stereocenters. The maximum atomic E-state index is 11.3. The van der Waals surface area contributed by atoms with E-state index in [0.717, 1.165) is 44.8 Å². The van der Waals surface area contributed by atoms with Gasteiger partial charge in [-0.25, -0.2) is 0 Å². The lowest BCUT2D eigenvalue weighted by atomic mass is 9.87. The smallest absolute Gasteiger partial charge is 0.147 e. The quantitative estimate of drug-likeness (QED) is 0.728. The molecule has 0 bridgehead atoms. The van der Waals surface area contributed by atoms with Gasteiger partial charge in [-0.05, 0) is 12.8 Å². The van der Waals surface area contributed by atoms with Crippen molar-refractivity contribution < 1.29 is 4.79 Å². The third-order valence-corrected chi connectivity index (χ3v) is 4.11. The molecule has 3 rings (SSSR count). The summed E-state index contributed by atoms with van der Waals surface area (Å²) in [6, 6.07) is 0. The number of fused-ring (bicyclic) bond motifs is 1. The van der Waals surface area contributed by atoms with Crippen LogP contribution in [-0.2, 0) is 17.9 Å². The van der Waals surface area contributed by atoms with E-state index in [9.17, 15) is 4.79 Å². The standard InChI is InChI=1S/C12H18N4O/c17-9-12(3-1-2-4-12)8-15-5-6-16-10-13-14-11(16)7-15/h9-10H,1-8H2. The van der Waals surface area contributed by atoms with Gasteiger partial charge in [0.2, 0.25) is 0 Å². The first-order chi connectivity index (χ1) is 8.31. The Kier molecular flexibility index (Phi) is 2.70. The zero-order chi connectivity index (χ0) is 11.7. The molecule has 0 spiro atoms. The summed E-state index contributed by atoms with van der Waals surface area (Å²) >= 11 is 0. The van der Waals surface area contributed by atoms with Crippen LogP contribution in [0.3, 0.4) is 0 Å². The normalized spacial score (nSPS) is 23.5. The van der Waals surface area contributed by atoms with Crippen LogP contribution in [0.25, 0.3) is 0 Å². The molecule has 0 N–H and O–H groups in total. The van der Waals surface area contributed by atoms with Crippen LogP contribution in [0.1, 0.15) is 31.5 Å². The zero-order valence-corrected chi connectivity index (χ0v) is 10.0. The van der Waals surface area contributed by atoms with E-state index in [0.29, 0.717) is 0 Å². The maximum absolute atomic E-state index is 11.3. The molecular formula is C12H18N4O. The highest BCUT2D eigenvalue weighted by Crippen LogP contribution is 2.37. The summed E-state index contributed by atoms with van der Waals surface area (Å²) in [4.78, 5) is 13.7. The molecule has 5 nitrogen and oxygen atoms in total. The van der Waals surface area contributed by atoms with Gasteiger partial charge in [-0.3, -0.25) is 4.90 Å². The third-order valence-electron chi connectivity index (χ3n) is 4.11. The third kappa shape index (κ3) is 1.99. The van der Waals surface area contributed by atoms with Gasteiger partial charge in [0.15, 0.2) is 0 Å². The largest absolute Gasteiger partial charge is 0.315 e. The lowest BCUT2D eigenvalue weighted by molar-refractivity contribution is -0.117. The van der Waals surface area contributed by atoms with Crippen LogP contribution in [0.5, 0.6) is 0 Å². The molecule has 0 aromatic carbocycles. The second-order valence-electron chi connectivity index (χ2n) is 5.34. The van der Waals surface area contributed by atoms with Crippen LogP contribution in [-0.4, -0.2) is 39.0 Å². The van der Waals surface area contributed by atoms with Gasteiger partial charge in [-0.2, -0.15) is 0 Å². The molecule has 92 valence electrons. The summed E-state index contributed by atoms with van der Waals surface area (Å²) in [5, 5.41) is 8.04. The molecular weight excluding hydrogens is 216 g/mol. The second kappa shape index (κ2) is 4.22. The van der Waals surface area contributed by atoms with Crippen molar-refractivity contribution in [2.24, 2.45) is 5.41 Å². The fraction of sp³-hybridized carbons (Fsp3) is 0.750. The van der Waals surface area contributed by atoms with Gasteiger partial charge in [0, 0.05) is 25.0 Å². The van der Waals surface area contributed by atoms with Crippen molar-refractivity contribution in [3.63, 3.8) is 0 Å². The SMILES string of the molecule is O=CC1(CN2CCn3cnnc3C2)CCCC1. The fourth-order valence-electron chi connectivity index (χ4n) is 3.09. The van der Waals surface area contributed by atoms with Gasteiger partial charge in [0.25, 0.3) is 0 Å². The average molecular weight is 234 g/mol. The van der Waals surface area contributed by atoms with Crippen LogP contribution in [0.15, 0.2) is 6.33 Å². The molecule has 0 amide bonds. The Morgan fingerprint density at radius 3 is 2.94 bits per heavy atom. The van der Waals surface area contributed by atoms with E-state index >= 15 is 0 Å². The van der Waals surface area contributed by atoms with Crippen molar-refractivity contribution in [2.45, 2.75) is 38.8 Å². The average Bonchev–Trinajstić information content (AvgIpc) is 2.97. The van der Waals surface area contributed by atoms with Crippen LogP contribution in [0.2, 0.25) is 0 Å². The lowest BCUT2D eigenvalue weighted by Gasteiger charge is -2.33. The summed E-state index contributed by atoms with van der Waals surface area (Å²) in [5.41, 5.74) is -0.0812.